The van der Waals surface area contributed by atoms with Gasteiger partial charge < -0.3 is 0 Å². The second kappa shape index (κ2) is 7.09. The molecule has 1 fully saturated rings. The standard InChI is InChI=1S/C15H23ClN2O2S/c1-12-9-13(2)11-18(10-12)21(19,20)17-8-7-14-3-5-15(16)6-4-14/h3-6,12-13,17H,7-11H2,1-2H3. The van der Waals surface area contributed by atoms with Crippen LogP contribution >= 0.6 is 11.6 Å². The fraction of sp³-hybridized carbons (Fsp3) is 0.600. The van der Waals surface area contributed by atoms with Crippen molar-refractivity contribution in [3.05, 3.63) is 34.9 Å². The Kier molecular flexibility index (Phi) is 5.66. The summed E-state index contributed by atoms with van der Waals surface area (Å²) in [7, 11) is -3.37. The SMILES string of the molecule is CC1CC(C)CN(S(=O)(=O)NCCc2ccc(Cl)cc2)C1. The van der Waals surface area contributed by atoms with E-state index in [1.165, 1.54) is 0 Å². The number of benzene rings is 1. The maximum atomic E-state index is 12.3. The maximum Gasteiger partial charge on any atom is 0.279 e. The van der Waals surface area contributed by atoms with Crippen LogP contribution in [0, 0.1) is 11.8 Å². The first-order valence-corrected chi connectivity index (χ1v) is 9.18. The van der Waals surface area contributed by atoms with Crippen LogP contribution in [0.15, 0.2) is 24.3 Å². The number of nitrogens with zero attached hydrogens (tertiary/aromatic N) is 1. The van der Waals surface area contributed by atoms with Crippen LogP contribution in [-0.2, 0) is 16.6 Å². The van der Waals surface area contributed by atoms with Crippen molar-refractivity contribution >= 4 is 21.8 Å². The topological polar surface area (TPSA) is 49.4 Å². The summed E-state index contributed by atoms with van der Waals surface area (Å²) < 4.78 is 28.9. The molecule has 2 unspecified atom stereocenters. The minimum atomic E-state index is -3.37. The summed E-state index contributed by atoms with van der Waals surface area (Å²) in [5.74, 6) is 0.836. The van der Waals surface area contributed by atoms with Crippen LogP contribution in [0.25, 0.3) is 0 Å². The zero-order valence-corrected chi connectivity index (χ0v) is 14.1. The molecule has 4 nitrogen and oxygen atoms in total. The van der Waals surface area contributed by atoms with Crippen molar-refractivity contribution in [1.29, 1.82) is 0 Å². The highest BCUT2D eigenvalue weighted by atomic mass is 35.5. The van der Waals surface area contributed by atoms with Crippen LogP contribution in [0.2, 0.25) is 5.02 Å². The molecule has 0 bridgehead atoms. The molecule has 1 saturated heterocycles. The number of halogens is 1. The molecule has 6 heteroatoms. The van der Waals surface area contributed by atoms with E-state index in [0.717, 1.165) is 12.0 Å². The molecule has 2 atom stereocenters. The van der Waals surface area contributed by atoms with Crippen molar-refractivity contribution in [1.82, 2.24) is 9.03 Å². The van der Waals surface area contributed by atoms with Crippen LogP contribution in [-0.4, -0.2) is 32.4 Å². The Labute approximate surface area is 132 Å². The van der Waals surface area contributed by atoms with Gasteiger partial charge in [0.2, 0.25) is 0 Å². The highest BCUT2D eigenvalue weighted by molar-refractivity contribution is 7.87. The van der Waals surface area contributed by atoms with Crippen molar-refractivity contribution in [2.45, 2.75) is 26.7 Å². The molecule has 0 saturated carbocycles. The van der Waals surface area contributed by atoms with Gasteiger partial charge in [0, 0.05) is 24.7 Å². The molecule has 0 spiro atoms. The fourth-order valence-corrected chi connectivity index (χ4v) is 4.44. The van der Waals surface area contributed by atoms with Gasteiger partial charge in [-0.15, -0.1) is 0 Å². The van der Waals surface area contributed by atoms with E-state index in [4.69, 9.17) is 11.6 Å². The average Bonchev–Trinajstić information content (AvgIpc) is 2.40. The van der Waals surface area contributed by atoms with E-state index in [0.29, 0.717) is 42.9 Å². The van der Waals surface area contributed by atoms with Gasteiger partial charge in [0.15, 0.2) is 0 Å². The van der Waals surface area contributed by atoms with E-state index >= 15 is 0 Å². The Morgan fingerprint density at radius 3 is 2.33 bits per heavy atom. The van der Waals surface area contributed by atoms with Gasteiger partial charge in [-0.05, 0) is 42.4 Å². The predicted molar refractivity (Wildman–Crippen MR) is 86.6 cm³/mol. The largest absolute Gasteiger partial charge is 0.279 e. The van der Waals surface area contributed by atoms with Crippen LogP contribution in [0.5, 0.6) is 0 Å². The summed E-state index contributed by atoms with van der Waals surface area (Å²) in [6.45, 7) is 5.84. The molecule has 1 aromatic rings. The highest BCUT2D eigenvalue weighted by Crippen LogP contribution is 2.22. The molecule has 1 aliphatic heterocycles. The van der Waals surface area contributed by atoms with Crippen molar-refractivity contribution in [2.24, 2.45) is 11.8 Å². The second-order valence-corrected chi connectivity index (χ2v) is 8.23. The zero-order chi connectivity index (χ0) is 15.5. The molecule has 1 aromatic carbocycles. The lowest BCUT2D eigenvalue weighted by Gasteiger charge is -2.33. The molecule has 0 aliphatic carbocycles. The first kappa shape index (κ1) is 16.7. The lowest BCUT2D eigenvalue weighted by molar-refractivity contribution is 0.220. The Balaban J connectivity index is 1.87. The smallest absolute Gasteiger partial charge is 0.202 e. The first-order valence-electron chi connectivity index (χ1n) is 7.36. The summed E-state index contributed by atoms with van der Waals surface area (Å²) in [5.41, 5.74) is 1.07. The predicted octanol–water partition coefficient (Wildman–Crippen LogP) is 2.69. The van der Waals surface area contributed by atoms with Gasteiger partial charge in [0.1, 0.15) is 0 Å². The number of nitrogens with one attached hydrogen (secondary N) is 1. The molecular weight excluding hydrogens is 308 g/mol. The quantitative estimate of drug-likeness (QED) is 0.902. The minimum Gasteiger partial charge on any atom is -0.202 e. The second-order valence-electron chi connectivity index (χ2n) is 6.04. The molecule has 1 aliphatic rings. The molecule has 118 valence electrons. The third kappa shape index (κ3) is 4.95. The monoisotopic (exact) mass is 330 g/mol. The molecule has 1 N–H and O–H groups in total. The normalized spacial score (nSPS) is 24.1. The molecule has 2 rings (SSSR count). The third-order valence-corrected chi connectivity index (χ3v) is 5.59. The Bertz CT molecular complexity index is 550. The van der Waals surface area contributed by atoms with Crippen molar-refractivity contribution in [3.63, 3.8) is 0 Å². The Morgan fingerprint density at radius 2 is 1.76 bits per heavy atom. The van der Waals surface area contributed by atoms with Gasteiger partial charge in [-0.1, -0.05) is 37.6 Å². The van der Waals surface area contributed by atoms with E-state index in [2.05, 4.69) is 18.6 Å². The van der Waals surface area contributed by atoms with E-state index < -0.39 is 10.2 Å². The number of hydrogen-bond donors (Lipinski definition) is 1. The van der Waals surface area contributed by atoms with Gasteiger partial charge in [0.05, 0.1) is 0 Å². The number of piperidine rings is 1. The summed E-state index contributed by atoms with van der Waals surface area (Å²) in [6, 6.07) is 7.47. The van der Waals surface area contributed by atoms with Crippen LogP contribution in [0.1, 0.15) is 25.8 Å². The zero-order valence-electron chi connectivity index (χ0n) is 12.5. The third-order valence-electron chi connectivity index (χ3n) is 3.79. The van der Waals surface area contributed by atoms with Gasteiger partial charge in [0.25, 0.3) is 10.2 Å². The lowest BCUT2D eigenvalue weighted by atomic mass is 9.94. The van der Waals surface area contributed by atoms with Gasteiger partial charge in [-0.3, -0.25) is 0 Å². The molecule has 1 heterocycles. The van der Waals surface area contributed by atoms with E-state index in [-0.39, 0.29) is 0 Å². The van der Waals surface area contributed by atoms with Gasteiger partial charge >= 0.3 is 0 Å². The molecule has 0 amide bonds. The minimum absolute atomic E-state index is 0.406. The number of hydrogen-bond acceptors (Lipinski definition) is 2. The summed E-state index contributed by atoms with van der Waals surface area (Å²) in [4.78, 5) is 0. The van der Waals surface area contributed by atoms with Crippen molar-refractivity contribution in [2.75, 3.05) is 19.6 Å². The van der Waals surface area contributed by atoms with Gasteiger partial charge in [-0.25, -0.2) is 4.72 Å². The highest BCUT2D eigenvalue weighted by Gasteiger charge is 2.29. The Hall–Kier alpha value is -0.620. The van der Waals surface area contributed by atoms with Crippen LogP contribution in [0.4, 0.5) is 0 Å². The van der Waals surface area contributed by atoms with Crippen LogP contribution in [0.3, 0.4) is 0 Å². The molecule has 21 heavy (non-hydrogen) atoms. The van der Waals surface area contributed by atoms with E-state index in [1.54, 1.807) is 4.31 Å². The first-order chi connectivity index (χ1) is 9.87. The van der Waals surface area contributed by atoms with E-state index in [1.807, 2.05) is 24.3 Å². The summed E-state index contributed by atoms with van der Waals surface area (Å²) in [5, 5.41) is 0.690. The van der Waals surface area contributed by atoms with Crippen molar-refractivity contribution < 1.29 is 8.42 Å². The molecular formula is C15H23ClN2O2S. The van der Waals surface area contributed by atoms with Gasteiger partial charge in [-0.2, -0.15) is 12.7 Å². The Morgan fingerprint density at radius 1 is 1.19 bits per heavy atom. The molecule has 0 aromatic heterocycles. The number of rotatable bonds is 5. The average molecular weight is 331 g/mol. The van der Waals surface area contributed by atoms with Crippen LogP contribution < -0.4 is 4.72 Å². The van der Waals surface area contributed by atoms with E-state index in [9.17, 15) is 8.42 Å². The molecule has 0 radical (unpaired) electrons. The van der Waals surface area contributed by atoms with Crippen molar-refractivity contribution in [3.8, 4) is 0 Å². The maximum absolute atomic E-state index is 12.3. The summed E-state index contributed by atoms with van der Waals surface area (Å²) >= 11 is 5.83. The lowest BCUT2D eigenvalue weighted by Crippen LogP contribution is -2.48. The summed E-state index contributed by atoms with van der Waals surface area (Å²) in [6.07, 6.45) is 1.76. The fourth-order valence-electron chi connectivity index (χ4n) is 2.87.